The second kappa shape index (κ2) is 8.66. The van der Waals surface area contributed by atoms with Crippen LogP contribution in [0.2, 0.25) is 0 Å². The van der Waals surface area contributed by atoms with Gasteiger partial charge in [-0.15, -0.1) is 0 Å². The molecule has 2 amide bonds. The number of urea groups is 1. The summed E-state index contributed by atoms with van der Waals surface area (Å²) in [6, 6.07) is 13.9. The topological polar surface area (TPSA) is 61.9 Å². The van der Waals surface area contributed by atoms with Gasteiger partial charge in [0.1, 0.15) is 17.2 Å². The molecule has 1 aliphatic carbocycles. The summed E-state index contributed by atoms with van der Waals surface area (Å²) < 4.78 is 49.6. The zero-order chi connectivity index (χ0) is 24.8. The Bertz CT molecular complexity index is 1130. The van der Waals surface area contributed by atoms with Gasteiger partial charge in [0.25, 0.3) is 0 Å². The van der Waals surface area contributed by atoms with E-state index in [0.717, 1.165) is 35.8 Å². The second-order valence-electron chi connectivity index (χ2n) is 10.1. The van der Waals surface area contributed by atoms with Gasteiger partial charge in [-0.2, -0.15) is 4.99 Å². The molecule has 5 nitrogen and oxygen atoms in total. The van der Waals surface area contributed by atoms with Gasteiger partial charge in [0.15, 0.2) is 11.5 Å². The number of rotatable bonds is 4. The maximum absolute atomic E-state index is 18.1. The van der Waals surface area contributed by atoms with Crippen molar-refractivity contribution >= 4 is 17.6 Å². The number of carbonyl (C=O) groups excluding carboxylic acids is 1. The van der Waals surface area contributed by atoms with E-state index in [-0.39, 0.29) is 31.0 Å². The average molecular weight is 485 g/mol. The van der Waals surface area contributed by atoms with E-state index in [1.54, 1.807) is 0 Å². The fourth-order valence-corrected chi connectivity index (χ4v) is 6.60. The molecule has 0 radical (unpaired) electrons. The lowest BCUT2D eigenvalue weighted by Gasteiger charge is -2.61. The number of halogens is 3. The predicted molar refractivity (Wildman–Crippen MR) is 130 cm³/mol. The molecule has 1 spiro atoms. The summed E-state index contributed by atoms with van der Waals surface area (Å²) in [6.45, 7) is 1.63. The Balaban J connectivity index is 1.67. The minimum absolute atomic E-state index is 0.0456. The van der Waals surface area contributed by atoms with E-state index in [9.17, 15) is 9.18 Å². The number of amides is 2. The molecule has 35 heavy (non-hydrogen) atoms. The minimum Gasteiger partial charge on any atom is -0.385 e. The summed E-state index contributed by atoms with van der Waals surface area (Å²) in [6.07, 6.45) is 3.50. The van der Waals surface area contributed by atoms with Gasteiger partial charge in [-0.25, -0.2) is 18.0 Å². The highest BCUT2D eigenvalue weighted by molar-refractivity contribution is 6.16. The Hall–Kier alpha value is -2.87. The van der Waals surface area contributed by atoms with Crippen LogP contribution in [-0.2, 0) is 6.54 Å². The lowest BCUT2D eigenvalue weighted by Crippen LogP contribution is -2.81. The first-order chi connectivity index (χ1) is 16.7. The van der Waals surface area contributed by atoms with E-state index in [1.807, 2.05) is 30.3 Å². The lowest BCUT2D eigenvalue weighted by molar-refractivity contribution is -0.215. The molecular weight excluding hydrogens is 453 g/mol. The fourth-order valence-electron chi connectivity index (χ4n) is 6.60. The van der Waals surface area contributed by atoms with Crippen LogP contribution in [0.15, 0.2) is 59.6 Å². The Morgan fingerprint density at radius 2 is 1.77 bits per heavy atom. The molecule has 2 heterocycles. The molecule has 3 atom stereocenters. The third-order valence-corrected chi connectivity index (χ3v) is 8.27. The van der Waals surface area contributed by atoms with Gasteiger partial charge in [-0.3, -0.25) is 9.80 Å². The van der Waals surface area contributed by atoms with Gasteiger partial charge < -0.3 is 5.73 Å². The zero-order valence-corrected chi connectivity index (χ0v) is 19.9. The first kappa shape index (κ1) is 23.9. The lowest BCUT2D eigenvalue weighted by atomic mass is 9.59. The van der Waals surface area contributed by atoms with Crippen LogP contribution < -0.4 is 10.6 Å². The normalized spacial score (nSPS) is 32.3. The highest BCUT2D eigenvalue weighted by Gasteiger charge is 2.76. The number of hydrogen-bond donors (Lipinski definition) is 1. The number of benzene rings is 2. The van der Waals surface area contributed by atoms with Crippen molar-refractivity contribution < 1.29 is 18.0 Å². The summed E-state index contributed by atoms with van der Waals surface area (Å²) in [5.74, 6) is -3.97. The van der Waals surface area contributed by atoms with E-state index in [0.29, 0.717) is 12.8 Å². The van der Waals surface area contributed by atoms with Crippen molar-refractivity contribution in [3.05, 3.63) is 66.0 Å². The van der Waals surface area contributed by atoms with Gasteiger partial charge in [0.05, 0.1) is 0 Å². The third kappa shape index (κ3) is 3.48. The first-order valence-electron chi connectivity index (χ1n) is 12.3. The molecule has 0 aromatic heterocycles. The molecule has 1 saturated carbocycles. The number of nitrogens with two attached hydrogens (primary N) is 1. The number of piperidine rings is 1. The maximum Gasteiger partial charge on any atom is 0.350 e. The standard InChI is InChI=1S/C27H31F3N4O/c1-25(29)27(30,20-11-6-3-7-12-20)26(15-16-33(25)18-19-9-4-2-5-10-19)23(31)32-24(35)34(26)22-14-8-13-21(28)17-22/h2,4-5,8-10,13-14,17,20H,3,6-7,11-12,15-16,18H2,1H3,(H2,31,32,35)/t25-,26-,27?/m0/s1. The number of alkyl halides is 2. The summed E-state index contributed by atoms with van der Waals surface area (Å²) >= 11 is 0. The van der Waals surface area contributed by atoms with Crippen molar-refractivity contribution in [2.24, 2.45) is 16.6 Å². The average Bonchev–Trinajstić information content (AvgIpc) is 3.11. The van der Waals surface area contributed by atoms with Crippen LogP contribution in [0.25, 0.3) is 0 Å². The van der Waals surface area contributed by atoms with E-state index < -0.39 is 34.8 Å². The van der Waals surface area contributed by atoms with Crippen LogP contribution in [0.1, 0.15) is 51.0 Å². The highest BCUT2D eigenvalue weighted by Crippen LogP contribution is 2.59. The monoisotopic (exact) mass is 484 g/mol. The van der Waals surface area contributed by atoms with E-state index in [4.69, 9.17) is 5.73 Å². The first-order valence-corrected chi connectivity index (χ1v) is 12.3. The Labute approximate surface area is 203 Å². The number of likely N-dealkylation sites (tertiary alicyclic amines) is 1. The third-order valence-electron chi connectivity index (χ3n) is 8.27. The molecule has 2 fully saturated rings. The summed E-state index contributed by atoms with van der Waals surface area (Å²) in [5.41, 5.74) is 2.94. The molecule has 2 aliphatic heterocycles. The molecule has 1 saturated heterocycles. The summed E-state index contributed by atoms with van der Waals surface area (Å²) in [7, 11) is 0. The molecule has 1 unspecified atom stereocenters. The van der Waals surface area contributed by atoms with Crippen LogP contribution in [-0.4, -0.2) is 40.3 Å². The fraction of sp³-hybridized carbons (Fsp3) is 0.481. The molecule has 2 aromatic rings. The van der Waals surface area contributed by atoms with Crippen molar-refractivity contribution in [2.45, 2.75) is 69.0 Å². The van der Waals surface area contributed by atoms with Crippen molar-refractivity contribution in [1.29, 1.82) is 0 Å². The molecule has 8 heteroatoms. The Kier molecular flexibility index (Phi) is 5.90. The number of anilines is 1. The molecule has 3 aliphatic rings. The molecule has 2 aromatic carbocycles. The van der Waals surface area contributed by atoms with Crippen LogP contribution in [0.3, 0.4) is 0 Å². The zero-order valence-electron chi connectivity index (χ0n) is 19.9. The van der Waals surface area contributed by atoms with Crippen molar-refractivity contribution in [3.63, 3.8) is 0 Å². The Morgan fingerprint density at radius 3 is 2.46 bits per heavy atom. The SMILES string of the molecule is C[C@]1(F)N(Cc2ccccc2)CC[C@]2(C(N)=NC(=O)N2c2cccc(F)c2)C1(F)C1CCCCC1. The smallest absolute Gasteiger partial charge is 0.350 e. The van der Waals surface area contributed by atoms with Crippen LogP contribution >= 0.6 is 0 Å². The largest absolute Gasteiger partial charge is 0.385 e. The van der Waals surface area contributed by atoms with Crippen LogP contribution in [0, 0.1) is 11.7 Å². The number of hydrogen-bond acceptors (Lipinski definition) is 3. The maximum atomic E-state index is 18.1. The summed E-state index contributed by atoms with van der Waals surface area (Å²) in [5, 5.41) is 0. The van der Waals surface area contributed by atoms with Gasteiger partial charge in [0, 0.05) is 24.7 Å². The quantitative estimate of drug-likeness (QED) is 0.563. The van der Waals surface area contributed by atoms with Crippen LogP contribution in [0.5, 0.6) is 0 Å². The van der Waals surface area contributed by atoms with Crippen molar-refractivity contribution in [3.8, 4) is 0 Å². The van der Waals surface area contributed by atoms with Crippen molar-refractivity contribution in [1.82, 2.24) is 4.90 Å². The van der Waals surface area contributed by atoms with Gasteiger partial charge >= 0.3 is 6.03 Å². The molecular formula is C27H31F3N4O. The molecule has 2 N–H and O–H groups in total. The minimum atomic E-state index is -2.57. The predicted octanol–water partition coefficient (Wildman–Crippen LogP) is 5.74. The Morgan fingerprint density at radius 1 is 1.06 bits per heavy atom. The summed E-state index contributed by atoms with van der Waals surface area (Å²) in [4.78, 5) is 19.7. The van der Waals surface area contributed by atoms with Gasteiger partial charge in [-0.1, -0.05) is 55.7 Å². The van der Waals surface area contributed by atoms with Gasteiger partial charge in [0.2, 0.25) is 0 Å². The number of aliphatic imine (C=N–C) groups is 1. The second-order valence-corrected chi connectivity index (χ2v) is 10.1. The molecule has 5 rings (SSSR count). The van der Waals surface area contributed by atoms with E-state index in [2.05, 4.69) is 4.99 Å². The van der Waals surface area contributed by atoms with E-state index >= 15 is 8.78 Å². The van der Waals surface area contributed by atoms with Gasteiger partial charge in [-0.05, 0) is 49.9 Å². The number of nitrogens with zero attached hydrogens (tertiary/aromatic N) is 3. The highest BCUT2D eigenvalue weighted by atomic mass is 19.2. The molecule has 186 valence electrons. The number of carbonyl (C=O) groups is 1. The number of amidine groups is 1. The molecule has 0 bridgehead atoms. The van der Waals surface area contributed by atoms with Crippen LogP contribution in [0.4, 0.5) is 23.7 Å². The van der Waals surface area contributed by atoms with E-state index in [1.165, 1.54) is 30.0 Å². The van der Waals surface area contributed by atoms with Crippen molar-refractivity contribution in [2.75, 3.05) is 11.4 Å².